The molecule has 0 aromatic rings. The molecule has 92 valence electrons. The van der Waals surface area contributed by atoms with E-state index in [0.717, 1.165) is 18.3 Å². The molecule has 3 N–H and O–H groups in total. The number of rotatable bonds is 3. The van der Waals surface area contributed by atoms with Crippen molar-refractivity contribution in [3.8, 4) is 0 Å². The van der Waals surface area contributed by atoms with Crippen LogP contribution in [0.3, 0.4) is 0 Å². The van der Waals surface area contributed by atoms with Crippen LogP contribution in [0.2, 0.25) is 0 Å². The van der Waals surface area contributed by atoms with Gasteiger partial charge in [-0.05, 0) is 38.1 Å². The monoisotopic (exact) mass is 223 g/mol. The fraction of sp³-hybridized carbons (Fsp3) is 0.923. The molecule has 16 heavy (non-hydrogen) atoms. The predicted molar refractivity (Wildman–Crippen MR) is 67.6 cm³/mol. The fourth-order valence-electron chi connectivity index (χ4n) is 3.48. The third-order valence-corrected chi connectivity index (χ3v) is 4.46. The normalized spacial score (nSPS) is 33.1. The third-order valence-electron chi connectivity index (χ3n) is 4.46. The SMILES string of the molecule is CC(CC(=N)N)N1CCC2CCCCC2C1. The van der Waals surface area contributed by atoms with Gasteiger partial charge in [-0.3, -0.25) is 10.3 Å². The molecule has 3 heteroatoms. The minimum Gasteiger partial charge on any atom is -0.388 e. The van der Waals surface area contributed by atoms with Crippen molar-refractivity contribution < 1.29 is 0 Å². The first-order valence-corrected chi connectivity index (χ1v) is 6.73. The maximum atomic E-state index is 7.38. The maximum absolute atomic E-state index is 7.38. The van der Waals surface area contributed by atoms with Gasteiger partial charge in [-0.15, -0.1) is 0 Å². The standard InChI is InChI=1S/C13H25N3/c1-10(8-13(14)15)16-7-6-11-4-2-3-5-12(11)9-16/h10-12H,2-9H2,1H3,(H3,14,15). The Kier molecular flexibility index (Phi) is 3.85. The van der Waals surface area contributed by atoms with Crippen LogP contribution in [0.4, 0.5) is 0 Å². The zero-order valence-electron chi connectivity index (χ0n) is 10.4. The highest BCUT2D eigenvalue weighted by Gasteiger charge is 2.32. The van der Waals surface area contributed by atoms with E-state index in [-0.39, 0.29) is 0 Å². The average Bonchev–Trinajstić information content (AvgIpc) is 2.27. The molecule has 0 radical (unpaired) electrons. The number of nitrogens with one attached hydrogen (secondary N) is 1. The number of amidine groups is 1. The molecular formula is C13H25N3. The van der Waals surface area contributed by atoms with Crippen molar-refractivity contribution in [1.29, 1.82) is 5.41 Å². The maximum Gasteiger partial charge on any atom is 0.0920 e. The molecule has 2 aliphatic rings. The summed E-state index contributed by atoms with van der Waals surface area (Å²) in [5.41, 5.74) is 5.49. The predicted octanol–water partition coefficient (Wildman–Crippen LogP) is 2.21. The van der Waals surface area contributed by atoms with Crippen LogP contribution in [0.1, 0.15) is 45.4 Å². The van der Waals surface area contributed by atoms with Crippen LogP contribution in [-0.2, 0) is 0 Å². The van der Waals surface area contributed by atoms with Crippen LogP contribution in [-0.4, -0.2) is 29.9 Å². The van der Waals surface area contributed by atoms with E-state index in [1.54, 1.807) is 0 Å². The van der Waals surface area contributed by atoms with Crippen LogP contribution in [0, 0.1) is 17.2 Å². The summed E-state index contributed by atoms with van der Waals surface area (Å²) >= 11 is 0. The zero-order chi connectivity index (χ0) is 11.5. The van der Waals surface area contributed by atoms with Gasteiger partial charge in [0.1, 0.15) is 0 Å². The van der Waals surface area contributed by atoms with Crippen molar-refractivity contribution in [1.82, 2.24) is 4.90 Å². The Hall–Kier alpha value is -0.570. The second kappa shape index (κ2) is 5.17. The van der Waals surface area contributed by atoms with Crippen molar-refractivity contribution >= 4 is 5.84 Å². The Morgan fingerprint density at radius 1 is 1.31 bits per heavy atom. The first-order valence-electron chi connectivity index (χ1n) is 6.73. The molecule has 1 saturated heterocycles. The van der Waals surface area contributed by atoms with Crippen LogP contribution in [0.25, 0.3) is 0 Å². The van der Waals surface area contributed by atoms with Gasteiger partial charge < -0.3 is 5.73 Å². The van der Waals surface area contributed by atoms with Gasteiger partial charge in [-0.1, -0.05) is 19.3 Å². The lowest BCUT2D eigenvalue weighted by molar-refractivity contribution is 0.0637. The number of hydrogen-bond acceptors (Lipinski definition) is 2. The van der Waals surface area contributed by atoms with E-state index in [4.69, 9.17) is 11.1 Å². The molecule has 0 aromatic heterocycles. The number of likely N-dealkylation sites (tertiary alicyclic amines) is 1. The van der Waals surface area contributed by atoms with Gasteiger partial charge in [0.25, 0.3) is 0 Å². The fourth-order valence-corrected chi connectivity index (χ4v) is 3.48. The molecule has 1 saturated carbocycles. The van der Waals surface area contributed by atoms with E-state index in [2.05, 4.69) is 11.8 Å². The van der Waals surface area contributed by atoms with Gasteiger partial charge >= 0.3 is 0 Å². The lowest BCUT2D eigenvalue weighted by atomic mass is 9.75. The summed E-state index contributed by atoms with van der Waals surface area (Å²) in [5, 5.41) is 7.38. The Balaban J connectivity index is 1.86. The summed E-state index contributed by atoms with van der Waals surface area (Å²) in [5.74, 6) is 2.25. The highest BCUT2D eigenvalue weighted by molar-refractivity contribution is 5.77. The molecule has 0 amide bonds. The number of piperidine rings is 1. The second-order valence-corrected chi connectivity index (χ2v) is 5.67. The molecule has 3 nitrogen and oxygen atoms in total. The van der Waals surface area contributed by atoms with E-state index >= 15 is 0 Å². The number of nitrogens with two attached hydrogens (primary N) is 1. The molecule has 0 aromatic carbocycles. The molecule has 0 bridgehead atoms. The number of nitrogens with zero attached hydrogens (tertiary/aromatic N) is 1. The van der Waals surface area contributed by atoms with Gasteiger partial charge in [0.2, 0.25) is 0 Å². The first-order chi connectivity index (χ1) is 7.66. The summed E-state index contributed by atoms with van der Waals surface area (Å²) in [6.45, 7) is 4.68. The van der Waals surface area contributed by atoms with Crippen molar-refractivity contribution in [3.05, 3.63) is 0 Å². The lowest BCUT2D eigenvalue weighted by Crippen LogP contribution is -2.46. The van der Waals surface area contributed by atoms with Crippen LogP contribution in [0.5, 0.6) is 0 Å². The Bertz CT molecular complexity index is 252. The lowest BCUT2D eigenvalue weighted by Gasteiger charge is -2.43. The van der Waals surface area contributed by atoms with Crippen LogP contribution in [0.15, 0.2) is 0 Å². The summed E-state index contributed by atoms with van der Waals surface area (Å²) in [6.07, 6.45) is 7.86. The van der Waals surface area contributed by atoms with Crippen molar-refractivity contribution in [3.63, 3.8) is 0 Å². The Labute approximate surface area is 98.9 Å². The molecule has 1 heterocycles. The van der Waals surface area contributed by atoms with Gasteiger partial charge in [0.15, 0.2) is 0 Å². The molecule has 1 aliphatic carbocycles. The number of fused-ring (bicyclic) bond motifs is 1. The molecule has 3 unspecified atom stereocenters. The second-order valence-electron chi connectivity index (χ2n) is 5.67. The first kappa shape index (κ1) is 11.9. The number of hydrogen-bond donors (Lipinski definition) is 2. The largest absolute Gasteiger partial charge is 0.388 e. The summed E-state index contributed by atoms with van der Waals surface area (Å²) in [7, 11) is 0. The van der Waals surface area contributed by atoms with E-state index in [0.29, 0.717) is 11.9 Å². The summed E-state index contributed by atoms with van der Waals surface area (Å²) < 4.78 is 0. The quantitative estimate of drug-likeness (QED) is 0.569. The minimum absolute atomic E-state index is 0.332. The average molecular weight is 223 g/mol. The Morgan fingerprint density at radius 2 is 2.00 bits per heavy atom. The molecule has 1 aliphatic heterocycles. The van der Waals surface area contributed by atoms with Gasteiger partial charge in [-0.25, -0.2) is 0 Å². The molecule has 2 fully saturated rings. The van der Waals surface area contributed by atoms with Gasteiger partial charge in [-0.2, -0.15) is 0 Å². The van der Waals surface area contributed by atoms with E-state index in [9.17, 15) is 0 Å². The minimum atomic E-state index is 0.332. The molecule has 3 atom stereocenters. The topological polar surface area (TPSA) is 53.1 Å². The van der Waals surface area contributed by atoms with E-state index in [1.807, 2.05) is 0 Å². The highest BCUT2D eigenvalue weighted by atomic mass is 15.2. The van der Waals surface area contributed by atoms with Gasteiger partial charge in [0.05, 0.1) is 5.84 Å². The molecule has 2 rings (SSSR count). The summed E-state index contributed by atoms with van der Waals surface area (Å²) in [4.78, 5) is 2.55. The zero-order valence-corrected chi connectivity index (χ0v) is 10.4. The van der Waals surface area contributed by atoms with Crippen molar-refractivity contribution in [2.75, 3.05) is 13.1 Å². The Morgan fingerprint density at radius 3 is 2.69 bits per heavy atom. The molecular weight excluding hydrogens is 198 g/mol. The smallest absolute Gasteiger partial charge is 0.0920 e. The van der Waals surface area contributed by atoms with Gasteiger partial charge in [0, 0.05) is 19.0 Å². The van der Waals surface area contributed by atoms with E-state index in [1.165, 1.54) is 45.2 Å². The summed E-state index contributed by atoms with van der Waals surface area (Å²) in [6, 6.07) is 0.459. The third kappa shape index (κ3) is 2.76. The van der Waals surface area contributed by atoms with Crippen molar-refractivity contribution in [2.24, 2.45) is 17.6 Å². The van der Waals surface area contributed by atoms with Crippen molar-refractivity contribution in [2.45, 2.75) is 51.5 Å². The molecule has 0 spiro atoms. The van der Waals surface area contributed by atoms with Crippen LogP contribution < -0.4 is 5.73 Å². The van der Waals surface area contributed by atoms with E-state index < -0.39 is 0 Å². The van der Waals surface area contributed by atoms with Crippen LogP contribution >= 0.6 is 0 Å². The highest BCUT2D eigenvalue weighted by Crippen LogP contribution is 2.36.